The van der Waals surface area contributed by atoms with Crippen molar-refractivity contribution in [3.8, 4) is 0 Å². The van der Waals surface area contributed by atoms with E-state index in [-0.39, 0.29) is 23.8 Å². The van der Waals surface area contributed by atoms with Crippen LogP contribution in [0.3, 0.4) is 0 Å². The summed E-state index contributed by atoms with van der Waals surface area (Å²) >= 11 is 5.54. The fraction of sp³-hybridized carbons (Fsp3) is 0.333. The Kier molecular flexibility index (Phi) is 7.19. The summed E-state index contributed by atoms with van der Waals surface area (Å²) in [6.07, 6.45) is -5.18. The van der Waals surface area contributed by atoms with Crippen molar-refractivity contribution >= 4 is 29.3 Å². The summed E-state index contributed by atoms with van der Waals surface area (Å²) in [6.45, 7) is 1.30. The smallest absolute Gasteiger partial charge is 0.421 e. The Hall–Kier alpha value is -2.95. The summed E-state index contributed by atoms with van der Waals surface area (Å²) in [7, 11) is 0. The molecule has 0 spiro atoms. The van der Waals surface area contributed by atoms with E-state index in [9.17, 15) is 31.9 Å². The molecule has 0 aliphatic heterocycles. The van der Waals surface area contributed by atoms with Gasteiger partial charge in [0, 0.05) is 5.56 Å². The van der Waals surface area contributed by atoms with E-state index in [1.165, 1.54) is 13.8 Å². The van der Waals surface area contributed by atoms with Crippen LogP contribution in [0.4, 0.5) is 17.6 Å². The van der Waals surface area contributed by atoms with E-state index in [1.54, 1.807) is 0 Å². The van der Waals surface area contributed by atoms with E-state index in [0.29, 0.717) is 4.68 Å². The molecular weight excluding hydrogens is 436 g/mol. The van der Waals surface area contributed by atoms with Crippen molar-refractivity contribution in [1.29, 1.82) is 0 Å². The molecule has 30 heavy (non-hydrogen) atoms. The molecule has 0 aliphatic carbocycles. The molecule has 0 amide bonds. The Morgan fingerprint density at radius 1 is 1.10 bits per heavy atom. The molecule has 0 unspecified atom stereocenters. The van der Waals surface area contributed by atoms with Crippen LogP contribution < -0.4 is 0 Å². The summed E-state index contributed by atoms with van der Waals surface area (Å²) in [5.74, 6) is -4.68. The van der Waals surface area contributed by atoms with E-state index >= 15 is 0 Å². The fourth-order valence-electron chi connectivity index (χ4n) is 2.49. The van der Waals surface area contributed by atoms with Gasteiger partial charge >= 0.3 is 18.1 Å². The van der Waals surface area contributed by atoms with E-state index in [1.807, 2.05) is 0 Å². The third kappa shape index (κ3) is 4.96. The van der Waals surface area contributed by atoms with Crippen molar-refractivity contribution in [2.45, 2.75) is 26.6 Å². The minimum atomic E-state index is -5.18. The zero-order valence-electron chi connectivity index (χ0n) is 15.7. The molecule has 0 aliphatic rings. The first-order valence-corrected chi connectivity index (χ1v) is 8.89. The summed E-state index contributed by atoms with van der Waals surface area (Å²) in [5, 5.41) is 3.22. The van der Waals surface area contributed by atoms with E-state index in [4.69, 9.17) is 11.6 Å². The third-order valence-corrected chi connectivity index (χ3v) is 4.01. The van der Waals surface area contributed by atoms with Crippen LogP contribution in [0.15, 0.2) is 18.2 Å². The number of carbonyl (C=O) groups excluding carboxylic acids is 3. The van der Waals surface area contributed by atoms with Gasteiger partial charge in [0.2, 0.25) is 0 Å². The Morgan fingerprint density at radius 3 is 2.23 bits per heavy atom. The maximum Gasteiger partial charge on any atom is 0.421 e. The van der Waals surface area contributed by atoms with Crippen LogP contribution in [-0.2, 0) is 22.2 Å². The first kappa shape index (κ1) is 23.3. The van der Waals surface area contributed by atoms with Gasteiger partial charge < -0.3 is 9.47 Å². The number of rotatable bonds is 7. The summed E-state index contributed by atoms with van der Waals surface area (Å²) < 4.78 is 64.2. The zero-order chi connectivity index (χ0) is 22.6. The lowest BCUT2D eigenvalue weighted by Crippen LogP contribution is -2.22. The van der Waals surface area contributed by atoms with Crippen molar-refractivity contribution in [1.82, 2.24) is 9.78 Å². The van der Waals surface area contributed by atoms with Gasteiger partial charge in [-0.25, -0.2) is 18.7 Å². The number of ether oxygens (including phenoxy) is 2. The van der Waals surface area contributed by atoms with Gasteiger partial charge in [-0.15, -0.1) is 0 Å². The number of nitrogens with zero attached hydrogens (tertiary/aromatic N) is 2. The van der Waals surface area contributed by atoms with Crippen molar-refractivity contribution in [2.75, 3.05) is 13.2 Å². The number of hydrogen-bond donors (Lipinski definition) is 0. The number of ketones is 1. The quantitative estimate of drug-likeness (QED) is 0.361. The molecule has 7 nitrogen and oxygen atoms in total. The molecule has 0 fully saturated rings. The van der Waals surface area contributed by atoms with Gasteiger partial charge in [0.1, 0.15) is 17.9 Å². The molecular formula is C18H15ClF4N2O5. The van der Waals surface area contributed by atoms with Crippen LogP contribution >= 0.6 is 11.6 Å². The van der Waals surface area contributed by atoms with Gasteiger partial charge in [0.25, 0.3) is 0 Å². The van der Waals surface area contributed by atoms with Crippen LogP contribution in [0.5, 0.6) is 0 Å². The van der Waals surface area contributed by atoms with Gasteiger partial charge in [-0.3, -0.25) is 4.79 Å². The van der Waals surface area contributed by atoms with Crippen LogP contribution in [0, 0.1) is 5.82 Å². The predicted octanol–water partition coefficient (Wildman–Crippen LogP) is 3.93. The molecule has 1 aromatic heterocycles. The van der Waals surface area contributed by atoms with Gasteiger partial charge in [0.15, 0.2) is 17.2 Å². The zero-order valence-corrected chi connectivity index (χ0v) is 16.4. The fourth-order valence-corrected chi connectivity index (χ4v) is 2.61. The Balaban J connectivity index is 2.61. The predicted molar refractivity (Wildman–Crippen MR) is 94.9 cm³/mol. The average molecular weight is 451 g/mol. The standard InChI is InChI=1S/C18H15ClF4N2O5/c1-3-29-16(27)14-13(18(21,22)23)15(17(28)30-4-2)25(24-14)8-12(26)9-5-6-10(19)11(20)7-9/h5-7H,3-4,8H2,1-2H3. The maximum atomic E-state index is 13.7. The molecule has 162 valence electrons. The Morgan fingerprint density at radius 2 is 1.70 bits per heavy atom. The van der Waals surface area contributed by atoms with Crippen molar-refractivity contribution < 1.29 is 41.4 Å². The number of hydrogen-bond acceptors (Lipinski definition) is 6. The van der Waals surface area contributed by atoms with Crippen LogP contribution in [-0.4, -0.2) is 40.7 Å². The van der Waals surface area contributed by atoms with E-state index in [0.717, 1.165) is 18.2 Å². The van der Waals surface area contributed by atoms with E-state index < -0.39 is 53.2 Å². The summed E-state index contributed by atoms with van der Waals surface area (Å²) in [6, 6.07) is 3.03. The van der Waals surface area contributed by atoms with Crippen LogP contribution in [0.1, 0.15) is 50.7 Å². The highest BCUT2D eigenvalue weighted by Gasteiger charge is 2.45. The molecule has 0 saturated heterocycles. The number of esters is 2. The van der Waals surface area contributed by atoms with Gasteiger partial charge in [0.05, 0.1) is 18.2 Å². The highest BCUT2D eigenvalue weighted by molar-refractivity contribution is 6.30. The number of alkyl halides is 3. The lowest BCUT2D eigenvalue weighted by molar-refractivity contribution is -0.138. The normalized spacial score (nSPS) is 11.3. The number of Topliss-reactive ketones (excluding diaryl/α,β-unsaturated/α-hetero) is 1. The maximum absolute atomic E-state index is 13.7. The van der Waals surface area contributed by atoms with Crippen molar-refractivity contribution in [3.63, 3.8) is 0 Å². The monoisotopic (exact) mass is 450 g/mol. The number of halogens is 5. The average Bonchev–Trinajstić information content (AvgIpc) is 3.04. The lowest BCUT2D eigenvalue weighted by atomic mass is 10.1. The molecule has 12 heteroatoms. The first-order chi connectivity index (χ1) is 14.0. The molecule has 0 bridgehead atoms. The molecule has 0 saturated carbocycles. The van der Waals surface area contributed by atoms with Gasteiger partial charge in [-0.1, -0.05) is 11.6 Å². The number of benzene rings is 1. The number of aromatic nitrogens is 2. The molecule has 0 radical (unpaired) electrons. The largest absolute Gasteiger partial charge is 0.461 e. The summed E-state index contributed by atoms with van der Waals surface area (Å²) in [4.78, 5) is 36.7. The highest BCUT2D eigenvalue weighted by atomic mass is 35.5. The second-order valence-corrected chi connectivity index (χ2v) is 6.13. The van der Waals surface area contributed by atoms with Crippen LogP contribution in [0.25, 0.3) is 0 Å². The molecule has 0 N–H and O–H groups in total. The third-order valence-electron chi connectivity index (χ3n) is 3.71. The van der Waals surface area contributed by atoms with Gasteiger partial charge in [-0.05, 0) is 32.0 Å². The second-order valence-electron chi connectivity index (χ2n) is 5.72. The Labute approximate surface area is 172 Å². The second kappa shape index (κ2) is 9.24. The Bertz CT molecular complexity index is 988. The minimum absolute atomic E-state index is 0.228. The SMILES string of the molecule is CCOC(=O)c1nn(CC(=O)c2ccc(Cl)c(F)c2)c(C(=O)OCC)c1C(F)(F)F. The molecule has 0 atom stereocenters. The first-order valence-electron chi connectivity index (χ1n) is 8.51. The van der Waals surface area contributed by atoms with Crippen molar-refractivity contribution in [2.24, 2.45) is 0 Å². The summed E-state index contributed by atoms with van der Waals surface area (Å²) in [5.41, 5.74) is -4.25. The topological polar surface area (TPSA) is 87.5 Å². The van der Waals surface area contributed by atoms with Crippen molar-refractivity contribution in [3.05, 3.63) is 51.6 Å². The number of carbonyl (C=O) groups is 3. The minimum Gasteiger partial charge on any atom is -0.461 e. The lowest BCUT2D eigenvalue weighted by Gasteiger charge is -2.11. The molecule has 1 heterocycles. The van der Waals surface area contributed by atoms with Crippen LogP contribution in [0.2, 0.25) is 5.02 Å². The molecule has 2 rings (SSSR count). The molecule has 1 aromatic carbocycles. The van der Waals surface area contributed by atoms with Gasteiger partial charge in [-0.2, -0.15) is 18.3 Å². The molecule has 2 aromatic rings. The highest BCUT2D eigenvalue weighted by Crippen LogP contribution is 2.35. The van der Waals surface area contributed by atoms with E-state index in [2.05, 4.69) is 14.6 Å².